The highest BCUT2D eigenvalue weighted by Gasteiger charge is 2.16. The molecule has 0 aliphatic carbocycles. The Morgan fingerprint density at radius 3 is 2.13 bits per heavy atom. The van der Waals surface area contributed by atoms with Gasteiger partial charge in [0.2, 0.25) is 0 Å². The van der Waals surface area contributed by atoms with Crippen molar-refractivity contribution in [3.63, 3.8) is 0 Å². The third-order valence-corrected chi connectivity index (χ3v) is 3.51. The molecule has 0 fully saturated rings. The van der Waals surface area contributed by atoms with Crippen LogP contribution in [0.2, 0.25) is 0 Å². The molecule has 1 rings (SSSR count). The number of rotatable bonds is 4. The molecule has 0 heterocycles. The summed E-state index contributed by atoms with van der Waals surface area (Å²) in [5.74, 6) is -0.213. The monoisotopic (exact) mass is 227 g/mol. The second-order valence-corrected chi connectivity index (χ2v) is 5.93. The maximum absolute atomic E-state index is 12.7. The lowest BCUT2D eigenvalue weighted by Crippen LogP contribution is -2.22. The van der Waals surface area contributed by atoms with Crippen molar-refractivity contribution < 1.29 is 4.39 Å². The molecule has 2 N–H and O–H groups in total. The number of nitrogens with two attached hydrogens (primary N) is 1. The van der Waals surface area contributed by atoms with Gasteiger partial charge < -0.3 is 5.73 Å². The first-order valence-electron chi connectivity index (χ1n) is 5.17. The van der Waals surface area contributed by atoms with Crippen LogP contribution in [0.1, 0.15) is 32.4 Å². The lowest BCUT2D eigenvalue weighted by molar-refractivity contribution is 0.624. The van der Waals surface area contributed by atoms with Gasteiger partial charge in [0.15, 0.2) is 0 Å². The van der Waals surface area contributed by atoms with Crippen LogP contribution in [0.25, 0.3) is 0 Å². The minimum Gasteiger partial charge on any atom is -0.323 e. The van der Waals surface area contributed by atoms with E-state index in [0.717, 1.165) is 5.56 Å². The van der Waals surface area contributed by atoms with Gasteiger partial charge in [0.05, 0.1) is 0 Å². The van der Waals surface area contributed by atoms with E-state index in [4.69, 9.17) is 5.73 Å². The molecule has 0 saturated carbocycles. The molecule has 1 aromatic carbocycles. The maximum Gasteiger partial charge on any atom is 0.123 e. The molecule has 0 aliphatic heterocycles. The fourth-order valence-electron chi connectivity index (χ4n) is 1.47. The van der Waals surface area contributed by atoms with Crippen molar-refractivity contribution in [3.8, 4) is 0 Å². The summed E-state index contributed by atoms with van der Waals surface area (Å²) in [6.07, 6.45) is 0. The molecule has 0 amide bonds. The quantitative estimate of drug-likeness (QED) is 0.853. The van der Waals surface area contributed by atoms with Crippen LogP contribution in [0.3, 0.4) is 0 Å². The summed E-state index contributed by atoms with van der Waals surface area (Å²) in [6.45, 7) is 6.41. The highest BCUT2D eigenvalue weighted by molar-refractivity contribution is 8.00. The molecule has 0 radical (unpaired) electrons. The van der Waals surface area contributed by atoms with Crippen molar-refractivity contribution >= 4 is 11.8 Å². The van der Waals surface area contributed by atoms with Crippen molar-refractivity contribution in [1.82, 2.24) is 0 Å². The van der Waals surface area contributed by atoms with Gasteiger partial charge in [-0.25, -0.2) is 4.39 Å². The zero-order chi connectivity index (χ0) is 11.4. The third kappa shape index (κ3) is 3.84. The van der Waals surface area contributed by atoms with Crippen LogP contribution in [-0.2, 0) is 0 Å². The van der Waals surface area contributed by atoms with Crippen molar-refractivity contribution in [2.45, 2.75) is 37.3 Å². The molecule has 84 valence electrons. The van der Waals surface area contributed by atoms with Gasteiger partial charge in [-0.15, -0.1) is 0 Å². The van der Waals surface area contributed by atoms with Crippen LogP contribution < -0.4 is 5.73 Å². The molecule has 0 spiro atoms. The Labute approximate surface area is 95.2 Å². The Balaban J connectivity index is 2.67. The Morgan fingerprint density at radius 2 is 1.67 bits per heavy atom. The molecule has 2 unspecified atom stereocenters. The number of halogens is 1. The average molecular weight is 227 g/mol. The Hall–Kier alpha value is -0.540. The lowest BCUT2D eigenvalue weighted by Gasteiger charge is -2.21. The molecule has 0 saturated heterocycles. The Kier molecular flexibility index (Phi) is 4.61. The Bertz CT molecular complexity index is 297. The van der Waals surface area contributed by atoms with Gasteiger partial charge >= 0.3 is 0 Å². The minimum absolute atomic E-state index is 0.0296. The topological polar surface area (TPSA) is 26.0 Å². The molecular formula is C12H18FNS. The van der Waals surface area contributed by atoms with Crippen molar-refractivity contribution in [2.75, 3.05) is 0 Å². The van der Waals surface area contributed by atoms with E-state index in [2.05, 4.69) is 20.8 Å². The summed E-state index contributed by atoms with van der Waals surface area (Å²) in [5.41, 5.74) is 7.09. The predicted molar refractivity (Wildman–Crippen MR) is 65.5 cm³/mol. The second-order valence-electron chi connectivity index (χ2n) is 3.97. The first kappa shape index (κ1) is 12.5. The van der Waals surface area contributed by atoms with Crippen molar-refractivity contribution in [2.24, 2.45) is 5.73 Å². The SMILES string of the molecule is CC(C)SC(C)C(N)c1ccc(F)cc1. The molecule has 2 atom stereocenters. The van der Waals surface area contributed by atoms with Crippen LogP contribution in [0.5, 0.6) is 0 Å². The fourth-order valence-corrected chi connectivity index (χ4v) is 2.65. The van der Waals surface area contributed by atoms with Gasteiger partial charge in [-0.1, -0.05) is 32.9 Å². The summed E-state index contributed by atoms with van der Waals surface area (Å²) in [5, 5.41) is 0.905. The van der Waals surface area contributed by atoms with Crippen molar-refractivity contribution in [3.05, 3.63) is 35.6 Å². The maximum atomic E-state index is 12.7. The normalized spacial score (nSPS) is 15.3. The van der Waals surface area contributed by atoms with E-state index in [-0.39, 0.29) is 11.9 Å². The zero-order valence-electron chi connectivity index (χ0n) is 9.41. The standard InChI is InChI=1S/C12H18FNS/c1-8(2)15-9(3)12(14)10-4-6-11(13)7-5-10/h4-9,12H,14H2,1-3H3. The molecule has 1 nitrogen and oxygen atoms in total. The van der Waals surface area contributed by atoms with Crippen molar-refractivity contribution in [1.29, 1.82) is 0 Å². The minimum atomic E-state index is -0.213. The van der Waals surface area contributed by atoms with Gasteiger partial charge in [0.25, 0.3) is 0 Å². The van der Waals surface area contributed by atoms with E-state index >= 15 is 0 Å². The Morgan fingerprint density at radius 1 is 1.13 bits per heavy atom. The van der Waals surface area contributed by atoms with E-state index in [1.54, 1.807) is 12.1 Å². The van der Waals surface area contributed by atoms with Crippen LogP contribution in [0.4, 0.5) is 4.39 Å². The van der Waals surface area contributed by atoms with Crippen LogP contribution >= 0.6 is 11.8 Å². The van der Waals surface area contributed by atoms with Gasteiger partial charge in [0, 0.05) is 11.3 Å². The second kappa shape index (κ2) is 5.52. The highest BCUT2D eigenvalue weighted by Crippen LogP contribution is 2.27. The van der Waals surface area contributed by atoms with Gasteiger partial charge in [-0.2, -0.15) is 11.8 Å². The van der Waals surface area contributed by atoms with Gasteiger partial charge in [-0.3, -0.25) is 0 Å². The molecule has 0 bridgehead atoms. The average Bonchev–Trinajstić information content (AvgIpc) is 2.17. The lowest BCUT2D eigenvalue weighted by atomic mass is 10.1. The number of thioether (sulfide) groups is 1. The van der Waals surface area contributed by atoms with Crippen LogP contribution in [0, 0.1) is 5.82 Å². The van der Waals surface area contributed by atoms with E-state index in [1.807, 2.05) is 11.8 Å². The molecule has 15 heavy (non-hydrogen) atoms. The van der Waals surface area contributed by atoms with Crippen LogP contribution in [0.15, 0.2) is 24.3 Å². The molecule has 3 heteroatoms. The summed E-state index contributed by atoms with van der Waals surface area (Å²) in [7, 11) is 0. The number of hydrogen-bond donors (Lipinski definition) is 1. The van der Waals surface area contributed by atoms with E-state index < -0.39 is 0 Å². The van der Waals surface area contributed by atoms with Gasteiger partial charge in [0.1, 0.15) is 5.82 Å². The zero-order valence-corrected chi connectivity index (χ0v) is 10.2. The molecule has 0 aromatic heterocycles. The third-order valence-electron chi connectivity index (χ3n) is 2.25. The van der Waals surface area contributed by atoms with E-state index in [9.17, 15) is 4.39 Å². The van der Waals surface area contributed by atoms with E-state index in [0.29, 0.717) is 10.5 Å². The summed E-state index contributed by atoms with van der Waals surface area (Å²) in [6, 6.07) is 6.41. The van der Waals surface area contributed by atoms with E-state index in [1.165, 1.54) is 12.1 Å². The first-order chi connectivity index (χ1) is 7.00. The summed E-state index contributed by atoms with van der Waals surface area (Å²) in [4.78, 5) is 0. The first-order valence-corrected chi connectivity index (χ1v) is 6.11. The number of hydrogen-bond acceptors (Lipinski definition) is 2. The summed E-state index contributed by atoms with van der Waals surface area (Å²) < 4.78 is 12.7. The molecular weight excluding hydrogens is 209 g/mol. The fraction of sp³-hybridized carbons (Fsp3) is 0.500. The molecule has 1 aromatic rings. The summed E-state index contributed by atoms with van der Waals surface area (Å²) >= 11 is 1.84. The number of benzene rings is 1. The largest absolute Gasteiger partial charge is 0.323 e. The smallest absolute Gasteiger partial charge is 0.123 e. The van der Waals surface area contributed by atoms with Crippen LogP contribution in [-0.4, -0.2) is 10.5 Å². The predicted octanol–water partition coefficient (Wildman–Crippen LogP) is 3.36. The van der Waals surface area contributed by atoms with Gasteiger partial charge in [-0.05, 0) is 22.9 Å². The molecule has 0 aliphatic rings. The highest BCUT2D eigenvalue weighted by atomic mass is 32.2.